The van der Waals surface area contributed by atoms with Gasteiger partial charge in [-0.3, -0.25) is 9.69 Å². The Bertz CT molecular complexity index is 1290. The fraction of sp³-hybridized carbons (Fsp3) is 0.385. The van der Waals surface area contributed by atoms with Crippen LogP contribution in [0.5, 0.6) is 5.75 Å². The summed E-state index contributed by atoms with van der Waals surface area (Å²) in [5, 5.41) is 13.4. The van der Waals surface area contributed by atoms with Crippen LogP contribution in [0.15, 0.2) is 59.4 Å². The summed E-state index contributed by atoms with van der Waals surface area (Å²) >= 11 is 0. The van der Waals surface area contributed by atoms with Crippen molar-refractivity contribution in [2.45, 2.75) is 38.9 Å². The molecule has 9 heteroatoms. The third kappa shape index (κ3) is 5.93. The molecule has 0 fully saturated rings. The fourth-order valence-electron chi connectivity index (χ4n) is 4.35. The van der Waals surface area contributed by atoms with Gasteiger partial charge in [-0.2, -0.15) is 0 Å². The van der Waals surface area contributed by atoms with Gasteiger partial charge < -0.3 is 14.5 Å². The number of aromatic amines is 1. The molecule has 2 aromatic carbocycles. The van der Waals surface area contributed by atoms with Crippen molar-refractivity contribution in [1.29, 1.82) is 0 Å². The molecular weight excluding hydrogens is 444 g/mol. The molecule has 0 radical (unpaired) electrons. The quantitative estimate of drug-likeness (QED) is 0.335. The highest BCUT2D eigenvalue weighted by Gasteiger charge is 2.25. The standard InChI is InChI=1S/C26H32N6O3/c1-4-24(25-28-29-30-32(25)14-15-34-2)31(13-12-19-8-6-5-7-9-19)18-21-16-20-17-22(35-3)10-11-23(20)27-26(21)33/h5-11,16-17,24H,4,12-15,18H2,1-3H3,(H,27,33). The van der Waals surface area contributed by atoms with E-state index >= 15 is 0 Å². The molecule has 0 amide bonds. The number of fused-ring (bicyclic) bond motifs is 1. The largest absolute Gasteiger partial charge is 0.497 e. The summed E-state index contributed by atoms with van der Waals surface area (Å²) in [6, 6.07) is 17.9. The van der Waals surface area contributed by atoms with Crippen molar-refractivity contribution in [1.82, 2.24) is 30.1 Å². The number of aromatic nitrogens is 5. The van der Waals surface area contributed by atoms with E-state index in [4.69, 9.17) is 9.47 Å². The molecule has 0 aliphatic carbocycles. The van der Waals surface area contributed by atoms with Crippen LogP contribution in [-0.4, -0.2) is 57.5 Å². The molecule has 0 spiro atoms. The number of hydrogen-bond acceptors (Lipinski definition) is 7. The number of nitrogens with zero attached hydrogens (tertiary/aromatic N) is 5. The lowest BCUT2D eigenvalue weighted by Gasteiger charge is -2.30. The summed E-state index contributed by atoms with van der Waals surface area (Å²) in [5.74, 6) is 1.52. The van der Waals surface area contributed by atoms with E-state index in [9.17, 15) is 4.79 Å². The van der Waals surface area contributed by atoms with Crippen LogP contribution in [0, 0.1) is 0 Å². The molecule has 0 saturated carbocycles. The highest BCUT2D eigenvalue weighted by Crippen LogP contribution is 2.25. The van der Waals surface area contributed by atoms with Crippen molar-refractivity contribution in [2.75, 3.05) is 27.4 Å². The Kier molecular flexibility index (Phi) is 8.23. The van der Waals surface area contributed by atoms with Crippen LogP contribution < -0.4 is 10.3 Å². The Morgan fingerprint density at radius 3 is 2.69 bits per heavy atom. The van der Waals surface area contributed by atoms with Crippen molar-refractivity contribution in [3.05, 3.63) is 81.9 Å². The van der Waals surface area contributed by atoms with Gasteiger partial charge in [0.25, 0.3) is 5.56 Å². The Labute approximate surface area is 204 Å². The average molecular weight is 477 g/mol. The van der Waals surface area contributed by atoms with Crippen LogP contribution in [0.4, 0.5) is 0 Å². The molecule has 0 saturated heterocycles. The van der Waals surface area contributed by atoms with Crippen LogP contribution in [0.2, 0.25) is 0 Å². The normalized spacial score (nSPS) is 12.3. The maximum atomic E-state index is 13.0. The van der Waals surface area contributed by atoms with E-state index in [0.29, 0.717) is 25.3 Å². The van der Waals surface area contributed by atoms with Crippen LogP contribution in [0.1, 0.15) is 36.3 Å². The first kappa shape index (κ1) is 24.6. The molecule has 0 aliphatic rings. The van der Waals surface area contributed by atoms with Gasteiger partial charge in [0.1, 0.15) is 5.75 Å². The second kappa shape index (κ2) is 11.7. The average Bonchev–Trinajstić information content (AvgIpc) is 3.35. The summed E-state index contributed by atoms with van der Waals surface area (Å²) in [7, 11) is 3.30. The summed E-state index contributed by atoms with van der Waals surface area (Å²) in [5.41, 5.74) is 2.61. The van der Waals surface area contributed by atoms with E-state index in [1.54, 1.807) is 18.9 Å². The van der Waals surface area contributed by atoms with Crippen LogP contribution in [0.25, 0.3) is 10.9 Å². The van der Waals surface area contributed by atoms with Crippen LogP contribution >= 0.6 is 0 Å². The molecule has 0 bridgehead atoms. The van der Waals surface area contributed by atoms with Crippen molar-refractivity contribution in [2.24, 2.45) is 0 Å². The molecular formula is C26H32N6O3. The van der Waals surface area contributed by atoms with Gasteiger partial charge in [-0.1, -0.05) is 37.3 Å². The zero-order valence-electron chi connectivity index (χ0n) is 20.5. The monoisotopic (exact) mass is 476 g/mol. The summed E-state index contributed by atoms with van der Waals surface area (Å²) in [6.07, 6.45) is 1.64. The summed E-state index contributed by atoms with van der Waals surface area (Å²) in [4.78, 5) is 18.3. The van der Waals surface area contributed by atoms with E-state index in [2.05, 4.69) is 44.5 Å². The molecule has 2 aromatic heterocycles. The van der Waals surface area contributed by atoms with E-state index < -0.39 is 0 Å². The van der Waals surface area contributed by atoms with Gasteiger partial charge in [0, 0.05) is 36.7 Å². The number of nitrogens with one attached hydrogen (secondary N) is 1. The van der Waals surface area contributed by atoms with Gasteiger partial charge in [-0.15, -0.1) is 5.10 Å². The van der Waals surface area contributed by atoms with Gasteiger partial charge in [-0.05, 0) is 53.1 Å². The van der Waals surface area contributed by atoms with Crippen LogP contribution in [-0.2, 0) is 24.2 Å². The number of ether oxygens (including phenoxy) is 2. The predicted molar refractivity (Wildman–Crippen MR) is 134 cm³/mol. The number of tetrazole rings is 1. The Balaban J connectivity index is 1.68. The van der Waals surface area contributed by atoms with Crippen molar-refractivity contribution in [3.8, 4) is 5.75 Å². The first-order valence-corrected chi connectivity index (χ1v) is 11.9. The number of benzene rings is 2. The van der Waals surface area contributed by atoms with Crippen molar-refractivity contribution < 1.29 is 9.47 Å². The lowest BCUT2D eigenvalue weighted by Crippen LogP contribution is -2.34. The molecule has 1 unspecified atom stereocenters. The molecule has 2 heterocycles. The third-order valence-electron chi connectivity index (χ3n) is 6.22. The molecule has 4 aromatic rings. The van der Waals surface area contributed by atoms with Crippen molar-refractivity contribution >= 4 is 10.9 Å². The summed E-state index contributed by atoms with van der Waals surface area (Å²) in [6.45, 7) is 4.41. The van der Waals surface area contributed by atoms with Gasteiger partial charge in [0.05, 0.1) is 26.3 Å². The van der Waals surface area contributed by atoms with Gasteiger partial charge in [0.2, 0.25) is 0 Å². The lowest BCUT2D eigenvalue weighted by molar-refractivity contribution is 0.158. The zero-order chi connectivity index (χ0) is 24.6. The first-order valence-electron chi connectivity index (χ1n) is 11.9. The molecule has 1 N–H and O–H groups in total. The molecule has 184 valence electrons. The van der Waals surface area contributed by atoms with Gasteiger partial charge in [0.15, 0.2) is 5.82 Å². The van der Waals surface area contributed by atoms with E-state index in [1.807, 2.05) is 42.5 Å². The fourth-order valence-corrected chi connectivity index (χ4v) is 4.35. The van der Waals surface area contributed by atoms with E-state index in [1.165, 1.54) is 5.56 Å². The molecule has 1 atom stereocenters. The Morgan fingerprint density at radius 1 is 1.11 bits per heavy atom. The maximum Gasteiger partial charge on any atom is 0.252 e. The lowest BCUT2D eigenvalue weighted by atomic mass is 10.1. The second-order valence-corrected chi connectivity index (χ2v) is 8.46. The highest BCUT2D eigenvalue weighted by atomic mass is 16.5. The molecule has 9 nitrogen and oxygen atoms in total. The third-order valence-corrected chi connectivity index (χ3v) is 6.22. The minimum atomic E-state index is -0.0961. The topological polar surface area (TPSA) is 98.2 Å². The smallest absolute Gasteiger partial charge is 0.252 e. The van der Waals surface area contributed by atoms with E-state index in [0.717, 1.165) is 41.9 Å². The maximum absolute atomic E-state index is 13.0. The Hall–Kier alpha value is -3.56. The molecule has 35 heavy (non-hydrogen) atoms. The van der Waals surface area contributed by atoms with Gasteiger partial charge in [-0.25, -0.2) is 4.68 Å². The SMILES string of the molecule is CCC(c1nnnn1CCOC)N(CCc1ccccc1)Cc1cc2cc(OC)ccc2[nH]c1=O. The minimum Gasteiger partial charge on any atom is -0.497 e. The number of rotatable bonds is 12. The molecule has 0 aliphatic heterocycles. The number of H-pyrrole nitrogens is 1. The highest BCUT2D eigenvalue weighted by molar-refractivity contribution is 5.80. The number of pyridine rings is 1. The van der Waals surface area contributed by atoms with E-state index in [-0.39, 0.29) is 11.6 Å². The number of methoxy groups -OCH3 is 2. The van der Waals surface area contributed by atoms with Crippen LogP contribution in [0.3, 0.4) is 0 Å². The van der Waals surface area contributed by atoms with Gasteiger partial charge >= 0.3 is 0 Å². The summed E-state index contributed by atoms with van der Waals surface area (Å²) < 4.78 is 12.4. The van der Waals surface area contributed by atoms with Crippen molar-refractivity contribution in [3.63, 3.8) is 0 Å². The Morgan fingerprint density at radius 2 is 1.94 bits per heavy atom. The second-order valence-electron chi connectivity index (χ2n) is 8.46. The molecule has 4 rings (SSSR count). The zero-order valence-corrected chi connectivity index (χ0v) is 20.5. The number of hydrogen-bond donors (Lipinski definition) is 1. The minimum absolute atomic E-state index is 0.0639. The first-order chi connectivity index (χ1) is 17.1. The predicted octanol–water partition coefficient (Wildman–Crippen LogP) is 3.37.